The van der Waals surface area contributed by atoms with Gasteiger partial charge in [-0.15, -0.1) is 0 Å². The molecule has 100 valence electrons. The van der Waals surface area contributed by atoms with Crippen LogP contribution >= 0.6 is 11.8 Å². The van der Waals surface area contributed by atoms with Crippen LogP contribution in [0.3, 0.4) is 0 Å². The van der Waals surface area contributed by atoms with Crippen LogP contribution < -0.4 is 5.73 Å². The third kappa shape index (κ3) is 2.73. The zero-order chi connectivity index (χ0) is 13.2. The van der Waals surface area contributed by atoms with Gasteiger partial charge >= 0.3 is 0 Å². The van der Waals surface area contributed by atoms with Gasteiger partial charge in [-0.3, -0.25) is 4.68 Å². The smallest absolute Gasteiger partial charge is 0.144 e. The van der Waals surface area contributed by atoms with Crippen molar-refractivity contribution in [1.29, 1.82) is 0 Å². The molecule has 0 saturated carbocycles. The number of hydrogen-bond acceptors (Lipinski definition) is 5. The van der Waals surface area contributed by atoms with Crippen molar-refractivity contribution in [2.45, 2.75) is 24.5 Å². The summed E-state index contributed by atoms with van der Waals surface area (Å²) < 4.78 is 1.77. The number of nitrogens with two attached hydrogens (primary N) is 1. The summed E-state index contributed by atoms with van der Waals surface area (Å²) in [6.07, 6.45) is 7.43. The van der Waals surface area contributed by atoms with E-state index >= 15 is 0 Å². The first kappa shape index (κ1) is 12.5. The summed E-state index contributed by atoms with van der Waals surface area (Å²) in [7, 11) is 1.89. The first-order valence-electron chi connectivity index (χ1n) is 6.47. The zero-order valence-corrected chi connectivity index (χ0v) is 11.7. The number of anilines is 1. The normalized spacial score (nSPS) is 19.5. The van der Waals surface area contributed by atoms with Crippen molar-refractivity contribution in [3.05, 3.63) is 24.3 Å². The van der Waals surface area contributed by atoms with Gasteiger partial charge in [-0.2, -0.15) is 16.9 Å². The van der Waals surface area contributed by atoms with Crippen molar-refractivity contribution in [2.24, 2.45) is 7.05 Å². The predicted octanol–water partition coefficient (Wildman–Crippen LogP) is 2.42. The van der Waals surface area contributed by atoms with Gasteiger partial charge in [0.1, 0.15) is 11.6 Å². The first-order chi connectivity index (χ1) is 9.22. The molecule has 3 heterocycles. The SMILES string of the molecule is Cn1cc(-c2cc(N)nc(C3CCCCS3)n2)cn1. The topological polar surface area (TPSA) is 69.6 Å². The van der Waals surface area contributed by atoms with Crippen LogP contribution in [0.15, 0.2) is 18.5 Å². The summed E-state index contributed by atoms with van der Waals surface area (Å²) in [6.45, 7) is 0. The number of aryl methyl sites for hydroxylation is 1. The zero-order valence-electron chi connectivity index (χ0n) is 10.9. The van der Waals surface area contributed by atoms with Crippen LogP contribution in [-0.2, 0) is 7.05 Å². The molecule has 2 N–H and O–H groups in total. The molecule has 0 aliphatic carbocycles. The van der Waals surface area contributed by atoms with Gasteiger partial charge in [-0.05, 0) is 18.6 Å². The second-order valence-corrected chi connectivity index (χ2v) is 6.10. The molecule has 0 aromatic carbocycles. The Hall–Kier alpha value is -1.56. The maximum atomic E-state index is 5.92. The van der Waals surface area contributed by atoms with Crippen molar-refractivity contribution >= 4 is 17.6 Å². The van der Waals surface area contributed by atoms with Crippen molar-refractivity contribution < 1.29 is 0 Å². The van der Waals surface area contributed by atoms with Crippen LogP contribution in [0.25, 0.3) is 11.3 Å². The average Bonchev–Trinajstić information content (AvgIpc) is 2.86. The summed E-state index contributed by atoms with van der Waals surface area (Å²) in [5.41, 5.74) is 7.77. The van der Waals surface area contributed by atoms with E-state index in [0.29, 0.717) is 11.1 Å². The molecular formula is C13H17N5S. The minimum Gasteiger partial charge on any atom is -0.384 e. The number of nitrogens with zero attached hydrogens (tertiary/aromatic N) is 4. The standard InChI is InChI=1S/C13H17N5S/c1-18-8-9(7-15-18)10-6-12(14)17-13(16-10)11-4-2-3-5-19-11/h6-8,11H,2-5H2,1H3,(H2,14,16,17). The lowest BCUT2D eigenvalue weighted by molar-refractivity contribution is 0.663. The van der Waals surface area contributed by atoms with Crippen molar-refractivity contribution in [3.8, 4) is 11.3 Å². The lowest BCUT2D eigenvalue weighted by Crippen LogP contribution is -2.08. The highest BCUT2D eigenvalue weighted by atomic mass is 32.2. The molecule has 1 aliphatic heterocycles. The molecule has 0 bridgehead atoms. The summed E-state index contributed by atoms with van der Waals surface area (Å²) in [4.78, 5) is 9.08. The van der Waals surface area contributed by atoms with Crippen LogP contribution in [0.4, 0.5) is 5.82 Å². The van der Waals surface area contributed by atoms with Gasteiger partial charge in [0, 0.05) is 24.9 Å². The summed E-state index contributed by atoms with van der Waals surface area (Å²) in [5.74, 6) is 2.59. The maximum absolute atomic E-state index is 5.92. The lowest BCUT2D eigenvalue weighted by atomic mass is 10.1. The molecule has 19 heavy (non-hydrogen) atoms. The van der Waals surface area contributed by atoms with E-state index in [9.17, 15) is 0 Å². The van der Waals surface area contributed by atoms with E-state index in [1.54, 1.807) is 10.9 Å². The first-order valence-corrected chi connectivity index (χ1v) is 7.52. The molecular weight excluding hydrogens is 258 g/mol. The third-order valence-corrected chi connectivity index (χ3v) is 4.60. The highest BCUT2D eigenvalue weighted by molar-refractivity contribution is 7.99. The van der Waals surface area contributed by atoms with Crippen LogP contribution in [-0.4, -0.2) is 25.5 Å². The van der Waals surface area contributed by atoms with Gasteiger partial charge in [0.25, 0.3) is 0 Å². The molecule has 6 heteroatoms. The van der Waals surface area contributed by atoms with Crippen LogP contribution in [0.2, 0.25) is 0 Å². The fraction of sp³-hybridized carbons (Fsp3) is 0.462. The van der Waals surface area contributed by atoms with Crippen molar-refractivity contribution in [1.82, 2.24) is 19.7 Å². The largest absolute Gasteiger partial charge is 0.384 e. The molecule has 1 atom stereocenters. The Kier molecular flexibility index (Phi) is 3.42. The van der Waals surface area contributed by atoms with E-state index in [1.807, 2.05) is 31.1 Å². The predicted molar refractivity (Wildman–Crippen MR) is 77.7 cm³/mol. The Morgan fingerprint density at radius 3 is 2.95 bits per heavy atom. The van der Waals surface area contributed by atoms with Gasteiger partial charge in [0.05, 0.1) is 17.1 Å². The Balaban J connectivity index is 1.95. The van der Waals surface area contributed by atoms with Crippen LogP contribution in [0.1, 0.15) is 30.3 Å². The number of hydrogen-bond donors (Lipinski definition) is 1. The van der Waals surface area contributed by atoms with E-state index in [1.165, 1.54) is 18.6 Å². The van der Waals surface area contributed by atoms with E-state index in [4.69, 9.17) is 5.73 Å². The maximum Gasteiger partial charge on any atom is 0.144 e. The summed E-state index contributed by atoms with van der Waals surface area (Å²) >= 11 is 1.93. The highest BCUT2D eigenvalue weighted by Gasteiger charge is 2.20. The molecule has 0 radical (unpaired) electrons. The van der Waals surface area contributed by atoms with Gasteiger partial charge in [-0.1, -0.05) is 6.42 Å². The number of aromatic nitrogens is 4. The van der Waals surface area contributed by atoms with Crippen molar-refractivity contribution in [3.63, 3.8) is 0 Å². The molecule has 1 saturated heterocycles. The second-order valence-electron chi connectivity index (χ2n) is 4.79. The Bertz CT molecular complexity index is 574. The van der Waals surface area contributed by atoms with Gasteiger partial charge < -0.3 is 5.73 Å². The van der Waals surface area contributed by atoms with E-state index in [-0.39, 0.29) is 0 Å². The fourth-order valence-electron chi connectivity index (χ4n) is 2.28. The fourth-order valence-corrected chi connectivity index (χ4v) is 3.52. The third-order valence-electron chi connectivity index (χ3n) is 3.23. The van der Waals surface area contributed by atoms with E-state index < -0.39 is 0 Å². The minimum absolute atomic E-state index is 0.382. The Labute approximate surface area is 116 Å². The molecule has 2 aromatic rings. The van der Waals surface area contributed by atoms with Gasteiger partial charge in [0.15, 0.2) is 0 Å². The minimum atomic E-state index is 0.382. The summed E-state index contributed by atoms with van der Waals surface area (Å²) in [5, 5.41) is 4.56. The molecule has 5 nitrogen and oxygen atoms in total. The number of thioether (sulfide) groups is 1. The number of nitrogen functional groups attached to an aromatic ring is 1. The highest BCUT2D eigenvalue weighted by Crippen LogP contribution is 2.37. The average molecular weight is 275 g/mol. The Morgan fingerprint density at radius 1 is 1.37 bits per heavy atom. The van der Waals surface area contributed by atoms with E-state index in [2.05, 4.69) is 15.1 Å². The van der Waals surface area contributed by atoms with Gasteiger partial charge in [0.2, 0.25) is 0 Å². The molecule has 2 aromatic heterocycles. The molecule has 0 amide bonds. The Morgan fingerprint density at radius 2 is 2.26 bits per heavy atom. The molecule has 1 unspecified atom stereocenters. The summed E-state index contributed by atoms with van der Waals surface area (Å²) in [6, 6.07) is 1.81. The van der Waals surface area contributed by atoms with Crippen LogP contribution in [0, 0.1) is 0 Å². The van der Waals surface area contributed by atoms with Gasteiger partial charge in [-0.25, -0.2) is 9.97 Å². The molecule has 0 spiro atoms. The second kappa shape index (κ2) is 5.21. The number of rotatable bonds is 2. The molecule has 1 aliphatic rings. The quantitative estimate of drug-likeness (QED) is 0.911. The lowest BCUT2D eigenvalue weighted by Gasteiger charge is -2.20. The molecule has 3 rings (SSSR count). The van der Waals surface area contributed by atoms with Crippen molar-refractivity contribution in [2.75, 3.05) is 11.5 Å². The van der Waals surface area contributed by atoms with E-state index in [0.717, 1.165) is 23.5 Å². The monoisotopic (exact) mass is 275 g/mol. The van der Waals surface area contributed by atoms with Crippen LogP contribution in [0.5, 0.6) is 0 Å². The molecule has 1 fully saturated rings.